The lowest BCUT2D eigenvalue weighted by Crippen LogP contribution is -2.24. The second-order valence-electron chi connectivity index (χ2n) is 5.41. The fourth-order valence-electron chi connectivity index (χ4n) is 2.28. The molecular weight excluding hydrogens is 220 g/mol. The summed E-state index contributed by atoms with van der Waals surface area (Å²) in [4.78, 5) is 2.38. The number of nitrogens with one attached hydrogen (secondary N) is 1. The van der Waals surface area contributed by atoms with Gasteiger partial charge in [0, 0.05) is 25.3 Å². The van der Waals surface area contributed by atoms with Crippen molar-refractivity contribution in [2.75, 3.05) is 25.5 Å². The van der Waals surface area contributed by atoms with Crippen LogP contribution in [0.1, 0.15) is 45.2 Å². The van der Waals surface area contributed by atoms with Crippen molar-refractivity contribution in [1.82, 2.24) is 5.32 Å². The third-order valence-electron chi connectivity index (χ3n) is 3.52. The molecule has 0 bridgehead atoms. The van der Waals surface area contributed by atoms with Gasteiger partial charge in [0.2, 0.25) is 0 Å². The molecule has 1 aromatic rings. The number of hydrogen-bond acceptors (Lipinski definition) is 2. The van der Waals surface area contributed by atoms with Crippen LogP contribution in [0.5, 0.6) is 0 Å². The average molecular weight is 248 g/mol. The Labute approximate surface area is 112 Å². The zero-order valence-corrected chi connectivity index (χ0v) is 12.5. The largest absolute Gasteiger partial charge is 0.374 e. The number of para-hydroxylation sites is 1. The second-order valence-corrected chi connectivity index (χ2v) is 5.41. The van der Waals surface area contributed by atoms with Crippen LogP contribution < -0.4 is 10.2 Å². The van der Waals surface area contributed by atoms with Gasteiger partial charge < -0.3 is 10.2 Å². The van der Waals surface area contributed by atoms with Crippen LogP contribution in [-0.2, 0) is 0 Å². The normalized spacial score (nSPS) is 12.8. The molecule has 0 spiro atoms. The maximum atomic E-state index is 3.40. The van der Waals surface area contributed by atoms with Gasteiger partial charge >= 0.3 is 0 Å². The summed E-state index contributed by atoms with van der Waals surface area (Å²) in [6, 6.07) is 9.19. The molecule has 1 atom stereocenters. The molecule has 0 aliphatic carbocycles. The molecule has 2 heteroatoms. The van der Waals surface area contributed by atoms with Gasteiger partial charge in [-0.05, 0) is 37.4 Å². The van der Waals surface area contributed by atoms with E-state index >= 15 is 0 Å². The van der Waals surface area contributed by atoms with E-state index < -0.39 is 0 Å². The minimum Gasteiger partial charge on any atom is -0.374 e. The van der Waals surface area contributed by atoms with E-state index in [0.717, 1.165) is 18.9 Å². The minimum absolute atomic E-state index is 0.447. The average Bonchev–Trinajstić information content (AvgIpc) is 2.38. The highest BCUT2D eigenvalue weighted by Gasteiger charge is 2.13. The van der Waals surface area contributed by atoms with Crippen molar-refractivity contribution in [2.45, 2.75) is 39.7 Å². The standard InChI is InChI=1S/C16H28N2/c1-6-15(17-4)14-9-7-8-10-16(14)18(5)12-11-13(2)3/h7-10,13,15,17H,6,11-12H2,1-5H3. The van der Waals surface area contributed by atoms with Crippen LogP contribution in [0, 0.1) is 5.92 Å². The zero-order chi connectivity index (χ0) is 13.5. The Bertz CT molecular complexity index is 343. The summed E-state index contributed by atoms with van der Waals surface area (Å²) in [6.45, 7) is 7.91. The van der Waals surface area contributed by atoms with Crippen LogP contribution in [0.3, 0.4) is 0 Å². The fourth-order valence-corrected chi connectivity index (χ4v) is 2.28. The van der Waals surface area contributed by atoms with E-state index in [2.05, 4.69) is 62.3 Å². The number of hydrogen-bond donors (Lipinski definition) is 1. The van der Waals surface area contributed by atoms with Gasteiger partial charge in [0.25, 0.3) is 0 Å². The van der Waals surface area contributed by atoms with Gasteiger partial charge in [-0.3, -0.25) is 0 Å². The molecule has 0 saturated carbocycles. The molecule has 0 amide bonds. The third kappa shape index (κ3) is 4.02. The topological polar surface area (TPSA) is 15.3 Å². The first-order chi connectivity index (χ1) is 8.60. The molecule has 0 saturated heterocycles. The summed E-state index contributed by atoms with van der Waals surface area (Å²) >= 11 is 0. The van der Waals surface area contributed by atoms with Gasteiger partial charge in [0.15, 0.2) is 0 Å². The van der Waals surface area contributed by atoms with Gasteiger partial charge in [-0.15, -0.1) is 0 Å². The van der Waals surface area contributed by atoms with Crippen LogP contribution in [0.2, 0.25) is 0 Å². The van der Waals surface area contributed by atoms with Gasteiger partial charge in [0.05, 0.1) is 0 Å². The smallest absolute Gasteiger partial charge is 0.0412 e. The van der Waals surface area contributed by atoms with Crippen LogP contribution in [0.15, 0.2) is 24.3 Å². The zero-order valence-electron chi connectivity index (χ0n) is 12.5. The maximum absolute atomic E-state index is 3.40. The van der Waals surface area contributed by atoms with Crippen molar-refractivity contribution < 1.29 is 0 Å². The Morgan fingerprint density at radius 2 is 1.89 bits per heavy atom. The first kappa shape index (κ1) is 15.0. The molecule has 0 aliphatic heterocycles. The molecule has 0 aromatic heterocycles. The van der Waals surface area contributed by atoms with Gasteiger partial charge in [-0.25, -0.2) is 0 Å². The van der Waals surface area contributed by atoms with E-state index in [-0.39, 0.29) is 0 Å². The molecule has 0 heterocycles. The molecule has 1 unspecified atom stereocenters. The summed E-state index contributed by atoms with van der Waals surface area (Å²) in [5, 5.41) is 3.40. The van der Waals surface area contributed by atoms with Gasteiger partial charge in [0.1, 0.15) is 0 Å². The van der Waals surface area contributed by atoms with Gasteiger partial charge in [-0.2, -0.15) is 0 Å². The van der Waals surface area contributed by atoms with E-state index in [1.807, 2.05) is 7.05 Å². The SMILES string of the molecule is CCC(NC)c1ccccc1N(C)CCC(C)C. The van der Waals surface area contributed by atoms with Gasteiger partial charge in [-0.1, -0.05) is 39.0 Å². The van der Waals surface area contributed by atoms with Crippen molar-refractivity contribution in [3.8, 4) is 0 Å². The van der Waals surface area contributed by atoms with Crippen LogP contribution in [-0.4, -0.2) is 20.6 Å². The maximum Gasteiger partial charge on any atom is 0.0412 e. The van der Waals surface area contributed by atoms with E-state index in [0.29, 0.717) is 6.04 Å². The highest BCUT2D eigenvalue weighted by Crippen LogP contribution is 2.27. The van der Waals surface area contributed by atoms with Crippen molar-refractivity contribution in [3.63, 3.8) is 0 Å². The fraction of sp³-hybridized carbons (Fsp3) is 0.625. The predicted molar refractivity (Wildman–Crippen MR) is 81.3 cm³/mol. The Balaban J connectivity index is 2.86. The molecule has 1 N–H and O–H groups in total. The lowest BCUT2D eigenvalue weighted by Gasteiger charge is -2.26. The van der Waals surface area contributed by atoms with E-state index in [1.54, 1.807) is 0 Å². The predicted octanol–water partition coefficient (Wildman–Crippen LogP) is 3.84. The lowest BCUT2D eigenvalue weighted by atomic mass is 10.0. The minimum atomic E-state index is 0.447. The Kier molecular flexibility index (Phi) is 6.20. The summed E-state index contributed by atoms with van der Waals surface area (Å²) in [7, 11) is 4.24. The highest BCUT2D eigenvalue weighted by atomic mass is 15.1. The lowest BCUT2D eigenvalue weighted by molar-refractivity contribution is 0.566. The molecule has 1 aromatic carbocycles. The number of benzene rings is 1. The quantitative estimate of drug-likeness (QED) is 0.788. The molecule has 1 rings (SSSR count). The first-order valence-electron chi connectivity index (χ1n) is 7.07. The first-order valence-corrected chi connectivity index (χ1v) is 7.07. The molecule has 0 radical (unpaired) electrons. The van der Waals surface area contributed by atoms with Crippen molar-refractivity contribution >= 4 is 5.69 Å². The molecule has 0 aliphatic rings. The summed E-state index contributed by atoms with van der Waals surface area (Å²) in [5.74, 6) is 0.755. The molecule has 102 valence electrons. The van der Waals surface area contributed by atoms with Crippen molar-refractivity contribution in [2.24, 2.45) is 5.92 Å². The number of anilines is 1. The van der Waals surface area contributed by atoms with E-state index in [9.17, 15) is 0 Å². The molecule has 18 heavy (non-hydrogen) atoms. The summed E-state index contributed by atoms with van der Waals surface area (Å²) < 4.78 is 0. The summed E-state index contributed by atoms with van der Waals surface area (Å²) in [6.07, 6.45) is 2.35. The monoisotopic (exact) mass is 248 g/mol. The van der Waals surface area contributed by atoms with E-state index in [1.165, 1.54) is 17.7 Å². The van der Waals surface area contributed by atoms with Crippen LogP contribution in [0.4, 0.5) is 5.69 Å². The van der Waals surface area contributed by atoms with Crippen molar-refractivity contribution in [3.05, 3.63) is 29.8 Å². The summed E-state index contributed by atoms with van der Waals surface area (Å²) in [5.41, 5.74) is 2.77. The third-order valence-corrected chi connectivity index (χ3v) is 3.52. The Hall–Kier alpha value is -1.02. The van der Waals surface area contributed by atoms with Crippen molar-refractivity contribution in [1.29, 1.82) is 0 Å². The Morgan fingerprint density at radius 3 is 2.44 bits per heavy atom. The van der Waals surface area contributed by atoms with Crippen LogP contribution in [0.25, 0.3) is 0 Å². The van der Waals surface area contributed by atoms with E-state index in [4.69, 9.17) is 0 Å². The number of rotatable bonds is 7. The molecule has 0 fully saturated rings. The molecule has 2 nitrogen and oxygen atoms in total. The van der Waals surface area contributed by atoms with Crippen LogP contribution >= 0.6 is 0 Å². The molecular formula is C16H28N2. The Morgan fingerprint density at radius 1 is 1.22 bits per heavy atom. The highest BCUT2D eigenvalue weighted by molar-refractivity contribution is 5.54. The number of nitrogens with zero attached hydrogens (tertiary/aromatic N) is 1. The second kappa shape index (κ2) is 7.42.